The van der Waals surface area contributed by atoms with Gasteiger partial charge in [0.1, 0.15) is 6.17 Å². The Morgan fingerprint density at radius 2 is 1.88 bits per heavy atom. The van der Waals surface area contributed by atoms with Gasteiger partial charge in [0, 0.05) is 14.1 Å². The molecule has 0 heterocycles. The van der Waals surface area contributed by atoms with Crippen LogP contribution in [0.5, 0.6) is 0 Å². The molecule has 0 fully saturated rings. The Morgan fingerprint density at radius 1 is 1.25 bits per heavy atom. The molecule has 0 aromatic rings. The first kappa shape index (κ1) is 15.4. The zero-order valence-corrected chi connectivity index (χ0v) is 11.3. The second kappa shape index (κ2) is 8.58. The number of nitrogens with zero attached hydrogens (tertiary/aromatic N) is 2. The van der Waals surface area contributed by atoms with Gasteiger partial charge in [-0.25, -0.2) is 9.65 Å². The predicted octanol–water partition coefficient (Wildman–Crippen LogP) is 2.33. The van der Waals surface area contributed by atoms with E-state index in [1.54, 1.807) is 0 Å². The monoisotopic (exact) mass is 228 g/mol. The summed E-state index contributed by atoms with van der Waals surface area (Å²) in [5.74, 6) is 2.23. The molecule has 0 N–H and O–H groups in total. The molecule has 0 aliphatic heterocycles. The summed E-state index contributed by atoms with van der Waals surface area (Å²) in [5, 5.41) is 8.66. The third kappa shape index (κ3) is 8.73. The van der Waals surface area contributed by atoms with Crippen LogP contribution in [0, 0.1) is 11.2 Å². The minimum Gasteiger partial charge on any atom is -0.511 e. The van der Waals surface area contributed by atoms with Crippen LogP contribution in [0.1, 0.15) is 45.4 Å². The molecule has 0 aliphatic carbocycles. The molecule has 2 nitrogen and oxygen atoms in total. The normalized spacial score (nSPS) is 13.4. The maximum atomic E-state index is 13.6. The van der Waals surface area contributed by atoms with Gasteiger partial charge in [0.05, 0.1) is 6.54 Å². The van der Waals surface area contributed by atoms with Crippen LogP contribution in [0.25, 0.3) is 0 Å². The molecular weight excluding hydrogens is 202 g/mol. The Hall–Kier alpha value is -0.555. The Bertz CT molecular complexity index is 214. The molecule has 0 bridgehead atoms. The second-order valence-electron chi connectivity index (χ2n) is 5.72. The summed E-state index contributed by atoms with van der Waals surface area (Å²) in [6, 6.07) is 0. The molecule has 0 aromatic carbocycles. The van der Waals surface area contributed by atoms with E-state index in [0.29, 0.717) is 17.4 Å². The van der Waals surface area contributed by atoms with E-state index in [2.05, 4.69) is 12.9 Å². The maximum absolute atomic E-state index is 13.6. The molecule has 0 spiro atoms. The van der Waals surface area contributed by atoms with E-state index in [0.717, 1.165) is 12.8 Å². The maximum Gasteiger partial charge on any atom is 0.281 e. The number of hydrogen-bond acceptors (Lipinski definition) is 1. The number of unbranched alkanes of at least 4 members (excludes halogenated alkanes) is 4. The summed E-state index contributed by atoms with van der Waals surface area (Å²) in [4.78, 5) is 0. The largest absolute Gasteiger partial charge is 0.511 e. The predicted molar refractivity (Wildman–Crippen MR) is 69.4 cm³/mol. The lowest BCUT2D eigenvalue weighted by Crippen LogP contribution is -2.46. The Morgan fingerprint density at radius 3 is 2.44 bits per heavy atom. The van der Waals surface area contributed by atoms with Crippen molar-refractivity contribution in [1.29, 1.82) is 5.26 Å². The van der Waals surface area contributed by atoms with Crippen LogP contribution >= 0.6 is 0 Å². The molecule has 0 rings (SSSR count). The summed E-state index contributed by atoms with van der Waals surface area (Å²) < 4.78 is 14.2. The van der Waals surface area contributed by atoms with Crippen molar-refractivity contribution >= 4 is 7.41 Å². The Balaban J connectivity index is 3.58. The van der Waals surface area contributed by atoms with Crippen molar-refractivity contribution in [3.8, 4) is 5.97 Å². The third-order valence-electron chi connectivity index (χ3n) is 3.07. The first-order valence-electron chi connectivity index (χ1n) is 6.62. The first-order valence-corrected chi connectivity index (χ1v) is 6.62. The number of alkyl halides is 1. The van der Waals surface area contributed by atoms with Gasteiger partial charge in [0.15, 0.2) is 0 Å². The molecule has 4 heteroatoms. The lowest BCUT2D eigenvalue weighted by atomic mass is 9.90. The van der Waals surface area contributed by atoms with Crippen molar-refractivity contribution in [1.82, 2.24) is 0 Å². The molecule has 0 aliphatic rings. The van der Waals surface area contributed by atoms with E-state index in [4.69, 9.17) is 5.26 Å². The van der Waals surface area contributed by atoms with Gasteiger partial charge >= 0.3 is 0 Å². The molecule has 16 heavy (non-hydrogen) atoms. The second-order valence-corrected chi connectivity index (χ2v) is 5.72. The summed E-state index contributed by atoms with van der Waals surface area (Å²) >= 11 is 0. The summed E-state index contributed by atoms with van der Waals surface area (Å²) in [5.41, 5.74) is 0. The van der Waals surface area contributed by atoms with Crippen LogP contribution in [0.15, 0.2) is 0 Å². The highest BCUT2D eigenvalue weighted by Crippen LogP contribution is 2.11. The number of hydrogen-bond donors (Lipinski definition) is 0. The minimum absolute atomic E-state index is 0.515. The molecule has 0 saturated heterocycles. The van der Waals surface area contributed by atoms with E-state index in [1.807, 2.05) is 14.1 Å². The van der Waals surface area contributed by atoms with E-state index in [-0.39, 0.29) is 0 Å². The summed E-state index contributed by atoms with van der Waals surface area (Å²) in [6.45, 7) is 2.70. The molecule has 1 unspecified atom stereocenters. The SMILES string of the molecule is CCCCCCCC(F)C[N+](C)(C)[BH2-]C#N. The van der Waals surface area contributed by atoms with Gasteiger partial charge in [-0.05, 0) is 6.42 Å². The average Bonchev–Trinajstić information content (AvgIpc) is 2.16. The lowest BCUT2D eigenvalue weighted by Gasteiger charge is -2.37. The topological polar surface area (TPSA) is 23.8 Å². The lowest BCUT2D eigenvalue weighted by molar-refractivity contribution is -0.780. The quantitative estimate of drug-likeness (QED) is 0.439. The molecule has 0 saturated carbocycles. The van der Waals surface area contributed by atoms with Gasteiger partial charge in [-0.2, -0.15) is 0 Å². The molecule has 0 amide bonds. The van der Waals surface area contributed by atoms with Crippen LogP contribution in [-0.2, 0) is 0 Å². The molecule has 0 radical (unpaired) electrons. The van der Waals surface area contributed by atoms with Crippen LogP contribution in [0.4, 0.5) is 4.39 Å². The van der Waals surface area contributed by atoms with Gasteiger partial charge in [0.25, 0.3) is 7.41 Å². The van der Waals surface area contributed by atoms with Crippen LogP contribution in [0.3, 0.4) is 0 Å². The van der Waals surface area contributed by atoms with Gasteiger partial charge in [-0.1, -0.05) is 45.0 Å². The highest BCUT2D eigenvalue weighted by Gasteiger charge is 2.16. The fraction of sp³-hybridized carbons (Fsp3) is 0.917. The molecule has 94 valence electrons. The van der Waals surface area contributed by atoms with Gasteiger partial charge in [0.2, 0.25) is 0 Å². The van der Waals surface area contributed by atoms with E-state index in [1.165, 1.54) is 19.3 Å². The Labute approximate surface area is 100 Å². The van der Waals surface area contributed by atoms with Gasteiger partial charge in [-0.3, -0.25) is 0 Å². The molecular formula is C12H26BFN2. The van der Waals surface area contributed by atoms with Crippen LogP contribution in [0.2, 0.25) is 0 Å². The van der Waals surface area contributed by atoms with Crippen molar-refractivity contribution in [3.05, 3.63) is 0 Å². The van der Waals surface area contributed by atoms with Crippen molar-refractivity contribution in [2.75, 3.05) is 20.6 Å². The fourth-order valence-corrected chi connectivity index (χ4v) is 2.02. The smallest absolute Gasteiger partial charge is 0.281 e. The third-order valence-corrected chi connectivity index (χ3v) is 3.07. The highest BCUT2D eigenvalue weighted by molar-refractivity contribution is 6.36. The van der Waals surface area contributed by atoms with Gasteiger partial charge in [-0.15, -0.1) is 0 Å². The number of halogens is 1. The number of quaternary nitrogens is 1. The standard InChI is InChI=1S/C12H26BFN2/c1-4-5-6-7-8-9-12(14)10-16(2,3)13-11-15/h12H,4-10,13H2,1-3H3. The van der Waals surface area contributed by atoms with Crippen molar-refractivity contribution < 1.29 is 8.78 Å². The highest BCUT2D eigenvalue weighted by atomic mass is 19.1. The van der Waals surface area contributed by atoms with Crippen LogP contribution in [-0.4, -0.2) is 38.6 Å². The van der Waals surface area contributed by atoms with E-state index in [9.17, 15) is 4.39 Å². The summed E-state index contributed by atoms with van der Waals surface area (Å²) in [7, 11) is 3.22. The Kier molecular flexibility index (Phi) is 8.28. The fourth-order valence-electron chi connectivity index (χ4n) is 2.02. The average molecular weight is 228 g/mol. The number of nitriles is 1. The zero-order chi connectivity index (χ0) is 12.4. The van der Waals surface area contributed by atoms with E-state index >= 15 is 0 Å². The van der Waals surface area contributed by atoms with Crippen molar-refractivity contribution in [2.24, 2.45) is 0 Å². The van der Waals surface area contributed by atoms with Crippen molar-refractivity contribution in [2.45, 2.75) is 51.6 Å². The van der Waals surface area contributed by atoms with Crippen molar-refractivity contribution in [3.63, 3.8) is 0 Å². The van der Waals surface area contributed by atoms with Crippen LogP contribution < -0.4 is 0 Å². The minimum atomic E-state index is -0.728. The van der Waals surface area contributed by atoms with Gasteiger partial charge < -0.3 is 4.39 Å². The van der Waals surface area contributed by atoms with E-state index < -0.39 is 13.6 Å². The zero-order valence-electron chi connectivity index (χ0n) is 11.3. The first-order chi connectivity index (χ1) is 7.52. The molecule has 0 aromatic heterocycles. The number of rotatable bonds is 9. The molecule has 1 atom stereocenters. The summed E-state index contributed by atoms with van der Waals surface area (Å²) in [6.07, 6.45) is 5.81.